The van der Waals surface area contributed by atoms with E-state index >= 15 is 0 Å². The van der Waals surface area contributed by atoms with Crippen molar-refractivity contribution in [1.29, 1.82) is 0 Å². The van der Waals surface area contributed by atoms with Crippen molar-refractivity contribution < 1.29 is 34.1 Å². The van der Waals surface area contributed by atoms with Crippen LogP contribution in [-0.2, 0) is 23.9 Å². The number of carbonyl (C=O) groups is 4. The fourth-order valence-electron chi connectivity index (χ4n) is 3.06. The maximum absolute atomic E-state index is 11.1. The number of unbranched alkanes of at least 4 members (excludes halogenated alkanes) is 12. The summed E-state index contributed by atoms with van der Waals surface area (Å²) >= 11 is 0. The molecule has 0 aromatic rings. The summed E-state index contributed by atoms with van der Waals surface area (Å²) in [5.74, 6) is -5.09. The molecule has 40 heavy (non-hydrogen) atoms. The Balaban J connectivity index is -0.0000000646. The average molecular weight is 583 g/mol. The first-order chi connectivity index (χ1) is 16.4. The summed E-state index contributed by atoms with van der Waals surface area (Å²) in [6, 6.07) is 0. The van der Waals surface area contributed by atoms with Crippen LogP contribution in [0.2, 0.25) is 0 Å². The third-order valence-corrected chi connectivity index (χ3v) is 5.46. The van der Waals surface area contributed by atoms with Crippen LogP contribution in [0.25, 0.3) is 0 Å². The minimum atomic E-state index is -2.78. The Morgan fingerprint density at radius 1 is 0.525 bits per heavy atom. The number of hydrogen-bond acceptors (Lipinski definition) is 7. The predicted molar refractivity (Wildman–Crippen MR) is 175 cm³/mol. The van der Waals surface area contributed by atoms with Crippen molar-refractivity contribution in [2.24, 2.45) is 0 Å². The summed E-state index contributed by atoms with van der Waals surface area (Å²) in [6.45, 7) is 11.9. The molecule has 0 saturated heterocycles. The van der Waals surface area contributed by atoms with Crippen molar-refractivity contribution in [2.45, 2.75) is 187 Å². The molecule has 2 N–H and O–H groups in total. The van der Waals surface area contributed by atoms with Gasteiger partial charge in [0.05, 0.1) is 0 Å². The second-order valence-electron chi connectivity index (χ2n) is 9.15. The zero-order valence-electron chi connectivity index (χ0n) is 23.6. The molecule has 0 heterocycles. The highest BCUT2D eigenvalue weighted by Crippen LogP contribution is 2.08. The lowest BCUT2D eigenvalue weighted by atomic mass is 10.1. The van der Waals surface area contributed by atoms with Crippen molar-refractivity contribution in [3.8, 4) is 0 Å². The van der Waals surface area contributed by atoms with Crippen molar-refractivity contribution in [1.82, 2.24) is 0 Å². The lowest BCUT2D eigenvalue weighted by Gasteiger charge is -2.12. The molecule has 0 unspecified atom stereocenters. The van der Waals surface area contributed by atoms with Crippen LogP contribution in [0.4, 0.5) is 0 Å². The van der Waals surface area contributed by atoms with Gasteiger partial charge in [0.2, 0.25) is 0 Å². The van der Waals surface area contributed by atoms with Gasteiger partial charge < -0.3 is 14.9 Å². The molecule has 0 aliphatic carbocycles. The highest BCUT2D eigenvalue weighted by atomic mass is 16.5. The standard InChI is InChI=1S/C14H26O3.C9H20.C5H8O4.5CH4/c1-4-5-6-7-8-9-10-11-17-14(12(2)15)13(3)16;1-3-5-7-9-8-6-4-2;1-3(6)5(8,9)4(2)7;;;;;/h14H,4-11H2,1-3H3;3-9H2,1-2H3;8-9H,1-2H3;5*1H4. The fourth-order valence-corrected chi connectivity index (χ4v) is 3.06. The van der Waals surface area contributed by atoms with E-state index in [1.807, 2.05) is 0 Å². The molecule has 0 fully saturated rings. The number of ether oxygens (including phenoxy) is 1. The van der Waals surface area contributed by atoms with E-state index in [9.17, 15) is 19.2 Å². The van der Waals surface area contributed by atoms with Gasteiger partial charge in [-0.1, -0.05) is 141 Å². The summed E-state index contributed by atoms with van der Waals surface area (Å²) < 4.78 is 5.29. The van der Waals surface area contributed by atoms with Crippen LogP contribution in [0.3, 0.4) is 0 Å². The molecule has 0 aliphatic rings. The molecule has 0 bridgehead atoms. The Morgan fingerprint density at radius 3 is 0.975 bits per heavy atom. The van der Waals surface area contributed by atoms with E-state index in [1.165, 1.54) is 90.9 Å². The molecule has 0 aromatic carbocycles. The molecule has 7 heteroatoms. The van der Waals surface area contributed by atoms with E-state index in [0.717, 1.165) is 26.7 Å². The predicted octanol–water partition coefficient (Wildman–Crippen LogP) is 9.08. The topological polar surface area (TPSA) is 118 Å². The third-order valence-electron chi connectivity index (χ3n) is 5.46. The van der Waals surface area contributed by atoms with Gasteiger partial charge in [0.25, 0.3) is 5.79 Å². The van der Waals surface area contributed by atoms with Gasteiger partial charge in [-0.25, -0.2) is 0 Å². The van der Waals surface area contributed by atoms with Crippen LogP contribution in [0.1, 0.15) is 175 Å². The van der Waals surface area contributed by atoms with E-state index < -0.39 is 23.5 Å². The number of Topliss-reactive ketones (excluding diaryl/α,β-unsaturated/α-hetero) is 4. The van der Waals surface area contributed by atoms with Gasteiger partial charge in [0.15, 0.2) is 29.2 Å². The van der Waals surface area contributed by atoms with Crippen LogP contribution >= 0.6 is 0 Å². The van der Waals surface area contributed by atoms with Crippen molar-refractivity contribution in [2.75, 3.05) is 6.61 Å². The molecule has 0 aliphatic heterocycles. The van der Waals surface area contributed by atoms with Gasteiger partial charge in [0.1, 0.15) is 0 Å². The zero-order chi connectivity index (χ0) is 27.7. The first-order valence-corrected chi connectivity index (χ1v) is 13.5. The maximum Gasteiger partial charge on any atom is 0.284 e. The van der Waals surface area contributed by atoms with Gasteiger partial charge in [-0.2, -0.15) is 0 Å². The van der Waals surface area contributed by atoms with E-state index in [0.29, 0.717) is 6.61 Å². The lowest BCUT2D eigenvalue weighted by molar-refractivity contribution is -0.186. The summed E-state index contributed by atoms with van der Waals surface area (Å²) in [5, 5.41) is 17.1. The summed E-state index contributed by atoms with van der Waals surface area (Å²) in [6.07, 6.45) is 17.6. The Labute approximate surface area is 251 Å². The van der Waals surface area contributed by atoms with E-state index in [1.54, 1.807) is 0 Å². The van der Waals surface area contributed by atoms with E-state index in [4.69, 9.17) is 14.9 Å². The van der Waals surface area contributed by atoms with Gasteiger partial charge in [-0.05, 0) is 20.3 Å². The molecular formula is C33H74O7. The second-order valence-corrected chi connectivity index (χ2v) is 9.15. The van der Waals surface area contributed by atoms with Crippen LogP contribution < -0.4 is 0 Å². The molecule has 248 valence electrons. The van der Waals surface area contributed by atoms with Crippen molar-refractivity contribution in [3.63, 3.8) is 0 Å². The summed E-state index contributed by atoms with van der Waals surface area (Å²) in [5.41, 5.74) is 0. The molecule has 0 spiro atoms. The number of aliphatic hydroxyl groups is 2. The quantitative estimate of drug-likeness (QED) is 0.0885. The minimum Gasteiger partial charge on any atom is -0.363 e. The van der Waals surface area contributed by atoms with Crippen LogP contribution in [0, 0.1) is 0 Å². The van der Waals surface area contributed by atoms with Crippen molar-refractivity contribution in [3.05, 3.63) is 0 Å². The monoisotopic (exact) mass is 583 g/mol. The smallest absolute Gasteiger partial charge is 0.284 e. The summed E-state index contributed by atoms with van der Waals surface area (Å²) in [7, 11) is 0. The molecule has 7 nitrogen and oxygen atoms in total. The SMILES string of the molecule is C.C.C.C.C.CC(=O)C(O)(O)C(C)=O.CCCCCCCCC.CCCCCCCCCOC(C(C)=O)C(C)=O. The Hall–Kier alpha value is -1.44. The Kier molecular flexibility index (Phi) is 57.8. The van der Waals surface area contributed by atoms with Gasteiger partial charge in [0, 0.05) is 20.5 Å². The summed E-state index contributed by atoms with van der Waals surface area (Å²) in [4.78, 5) is 42.5. The first kappa shape index (κ1) is 58.2. The highest BCUT2D eigenvalue weighted by molar-refractivity contribution is 6.06. The molecule has 0 aromatic heterocycles. The van der Waals surface area contributed by atoms with E-state index in [-0.39, 0.29) is 48.7 Å². The molecule has 0 saturated carbocycles. The number of hydrogen-bond donors (Lipinski definition) is 2. The fraction of sp³-hybridized carbons (Fsp3) is 0.879. The minimum absolute atomic E-state index is 0. The first-order valence-electron chi connectivity index (χ1n) is 13.5. The maximum atomic E-state index is 11.1. The van der Waals surface area contributed by atoms with Crippen LogP contribution in [0.5, 0.6) is 0 Å². The molecular weight excluding hydrogens is 508 g/mol. The lowest BCUT2D eigenvalue weighted by Crippen LogP contribution is -2.43. The Morgan fingerprint density at radius 2 is 0.775 bits per heavy atom. The zero-order valence-corrected chi connectivity index (χ0v) is 23.6. The van der Waals surface area contributed by atoms with Crippen LogP contribution in [-0.4, -0.2) is 51.8 Å². The van der Waals surface area contributed by atoms with Crippen molar-refractivity contribution >= 4 is 23.1 Å². The molecule has 0 radical (unpaired) electrons. The van der Waals surface area contributed by atoms with Gasteiger partial charge in [-0.15, -0.1) is 0 Å². The number of carbonyl (C=O) groups excluding carboxylic acids is 4. The molecule has 0 amide bonds. The Bertz CT molecular complexity index is 521. The largest absolute Gasteiger partial charge is 0.363 e. The van der Waals surface area contributed by atoms with Gasteiger partial charge >= 0.3 is 0 Å². The number of ketones is 4. The molecule has 0 atom stereocenters. The van der Waals surface area contributed by atoms with E-state index in [2.05, 4.69) is 20.8 Å². The third kappa shape index (κ3) is 38.7. The molecule has 0 rings (SSSR count). The number of rotatable bonds is 19. The normalized spacial score (nSPS) is 9.35. The average Bonchev–Trinajstić information content (AvgIpc) is 2.78. The van der Waals surface area contributed by atoms with Gasteiger partial charge in [-0.3, -0.25) is 19.2 Å². The highest BCUT2D eigenvalue weighted by Gasteiger charge is 2.34. The van der Waals surface area contributed by atoms with Crippen LogP contribution in [0.15, 0.2) is 0 Å². The second kappa shape index (κ2) is 39.7.